The van der Waals surface area contributed by atoms with Crippen LogP contribution >= 0.6 is 0 Å². The molecule has 5 heteroatoms. The minimum atomic E-state index is -4.27. The fraction of sp³-hybridized carbons (Fsp3) is 0.571. The molecule has 1 fully saturated rings. The van der Waals surface area contributed by atoms with Crippen LogP contribution in [0.15, 0.2) is 24.3 Å². The van der Waals surface area contributed by atoms with Crippen LogP contribution in [0.3, 0.4) is 0 Å². The van der Waals surface area contributed by atoms with Crippen molar-refractivity contribution in [2.75, 3.05) is 26.7 Å². The number of halogens is 3. The molecule has 1 aromatic carbocycles. The smallest absolute Gasteiger partial charge is 0.312 e. The van der Waals surface area contributed by atoms with Crippen molar-refractivity contribution in [1.82, 2.24) is 10.2 Å². The Bertz CT molecular complexity index is 417. The number of rotatable bonds is 4. The Balaban J connectivity index is 1.89. The van der Waals surface area contributed by atoms with Gasteiger partial charge in [-0.05, 0) is 44.1 Å². The summed E-state index contributed by atoms with van der Waals surface area (Å²) in [4.78, 5) is 2.25. The van der Waals surface area contributed by atoms with Gasteiger partial charge >= 0.3 is 6.18 Å². The van der Waals surface area contributed by atoms with Crippen molar-refractivity contribution >= 4 is 0 Å². The number of benzene rings is 1. The van der Waals surface area contributed by atoms with Crippen LogP contribution in [0.2, 0.25) is 0 Å². The van der Waals surface area contributed by atoms with Gasteiger partial charge in [-0.15, -0.1) is 0 Å². The first kappa shape index (κ1) is 14.3. The Labute approximate surface area is 111 Å². The lowest BCUT2D eigenvalue weighted by atomic mass is 10.1. The standard InChI is InChI=1S/C14H19F3N2/c1-19-7-6-11(10-19)8-18-9-12-4-2-3-5-13(12)14(15,16)17/h2-5,11,18H,6-10H2,1H3. The highest BCUT2D eigenvalue weighted by atomic mass is 19.4. The Hall–Kier alpha value is -1.07. The predicted octanol–water partition coefficient (Wildman–Crippen LogP) is 2.75. The van der Waals surface area contributed by atoms with Crippen LogP contribution < -0.4 is 5.32 Å². The maximum atomic E-state index is 12.8. The molecule has 1 heterocycles. The largest absolute Gasteiger partial charge is 0.416 e. The van der Waals surface area contributed by atoms with E-state index in [2.05, 4.69) is 17.3 Å². The maximum absolute atomic E-state index is 12.8. The van der Waals surface area contributed by atoms with Gasteiger partial charge in [-0.3, -0.25) is 0 Å². The van der Waals surface area contributed by atoms with E-state index in [1.165, 1.54) is 12.1 Å². The van der Waals surface area contributed by atoms with Crippen LogP contribution in [-0.2, 0) is 12.7 Å². The zero-order valence-electron chi connectivity index (χ0n) is 11.0. The summed E-state index contributed by atoms with van der Waals surface area (Å²) < 4.78 is 38.4. The van der Waals surface area contributed by atoms with E-state index < -0.39 is 11.7 Å². The summed E-state index contributed by atoms with van der Waals surface area (Å²) in [6, 6.07) is 5.75. The third-order valence-corrected chi connectivity index (χ3v) is 3.56. The molecule has 1 saturated heterocycles. The highest BCUT2D eigenvalue weighted by Crippen LogP contribution is 2.31. The lowest BCUT2D eigenvalue weighted by Crippen LogP contribution is -2.25. The molecule has 0 amide bonds. The van der Waals surface area contributed by atoms with Crippen LogP contribution in [0.1, 0.15) is 17.5 Å². The summed E-state index contributed by atoms with van der Waals surface area (Å²) in [6.07, 6.45) is -3.16. The van der Waals surface area contributed by atoms with Gasteiger partial charge in [0.15, 0.2) is 0 Å². The van der Waals surface area contributed by atoms with Gasteiger partial charge in [-0.25, -0.2) is 0 Å². The minimum Gasteiger partial charge on any atom is -0.312 e. The van der Waals surface area contributed by atoms with Crippen LogP contribution in [0, 0.1) is 5.92 Å². The molecule has 1 aromatic rings. The Kier molecular flexibility index (Phi) is 4.47. The van der Waals surface area contributed by atoms with Crippen molar-refractivity contribution in [3.05, 3.63) is 35.4 Å². The number of nitrogens with zero attached hydrogens (tertiary/aromatic N) is 1. The molecule has 0 spiro atoms. The second kappa shape index (κ2) is 5.92. The van der Waals surface area contributed by atoms with Crippen molar-refractivity contribution in [3.8, 4) is 0 Å². The average molecular weight is 272 g/mol. The normalized spacial score (nSPS) is 20.9. The monoisotopic (exact) mass is 272 g/mol. The first-order chi connectivity index (χ1) is 8.97. The van der Waals surface area contributed by atoms with Crippen LogP contribution in [-0.4, -0.2) is 31.6 Å². The highest BCUT2D eigenvalue weighted by molar-refractivity contribution is 5.29. The van der Waals surface area contributed by atoms with Gasteiger partial charge in [0.25, 0.3) is 0 Å². The molecule has 1 unspecified atom stereocenters. The maximum Gasteiger partial charge on any atom is 0.416 e. The van der Waals surface area contributed by atoms with Crippen molar-refractivity contribution in [1.29, 1.82) is 0 Å². The molecule has 106 valence electrons. The second-order valence-electron chi connectivity index (χ2n) is 5.20. The van der Waals surface area contributed by atoms with E-state index >= 15 is 0 Å². The van der Waals surface area contributed by atoms with E-state index in [0.717, 1.165) is 32.1 Å². The number of alkyl halides is 3. The van der Waals surface area contributed by atoms with E-state index in [1.807, 2.05) is 0 Å². The van der Waals surface area contributed by atoms with Gasteiger partial charge in [0, 0.05) is 13.1 Å². The Morgan fingerprint density at radius 1 is 1.32 bits per heavy atom. The van der Waals surface area contributed by atoms with Crippen LogP contribution in [0.5, 0.6) is 0 Å². The Morgan fingerprint density at radius 3 is 2.68 bits per heavy atom. The lowest BCUT2D eigenvalue weighted by molar-refractivity contribution is -0.138. The fourth-order valence-corrected chi connectivity index (χ4v) is 2.55. The molecular formula is C14H19F3N2. The molecular weight excluding hydrogens is 253 g/mol. The van der Waals surface area contributed by atoms with Gasteiger partial charge in [-0.1, -0.05) is 18.2 Å². The molecule has 19 heavy (non-hydrogen) atoms. The molecule has 1 aliphatic rings. The number of likely N-dealkylation sites (tertiary alicyclic amines) is 1. The SMILES string of the molecule is CN1CCC(CNCc2ccccc2C(F)(F)F)C1. The molecule has 2 nitrogen and oxygen atoms in total. The molecule has 0 saturated carbocycles. The quantitative estimate of drug-likeness (QED) is 0.906. The van der Waals surface area contributed by atoms with Crippen molar-refractivity contribution in [3.63, 3.8) is 0 Å². The lowest BCUT2D eigenvalue weighted by Gasteiger charge is -2.15. The average Bonchev–Trinajstić information content (AvgIpc) is 2.74. The number of hydrogen-bond acceptors (Lipinski definition) is 2. The van der Waals surface area contributed by atoms with E-state index in [9.17, 15) is 13.2 Å². The molecule has 1 N–H and O–H groups in total. The number of nitrogens with one attached hydrogen (secondary N) is 1. The zero-order chi connectivity index (χ0) is 13.9. The topological polar surface area (TPSA) is 15.3 Å². The second-order valence-corrected chi connectivity index (χ2v) is 5.20. The van der Waals surface area contributed by atoms with Gasteiger partial charge in [0.2, 0.25) is 0 Å². The highest BCUT2D eigenvalue weighted by Gasteiger charge is 2.32. The summed E-state index contributed by atoms with van der Waals surface area (Å²) >= 11 is 0. The van der Waals surface area contributed by atoms with Crippen molar-refractivity contribution in [2.24, 2.45) is 5.92 Å². The zero-order valence-corrected chi connectivity index (χ0v) is 11.0. The molecule has 1 atom stereocenters. The summed E-state index contributed by atoms with van der Waals surface area (Å²) in [5.41, 5.74) is -0.215. The predicted molar refractivity (Wildman–Crippen MR) is 68.8 cm³/mol. The first-order valence-corrected chi connectivity index (χ1v) is 6.51. The molecule has 0 radical (unpaired) electrons. The molecule has 1 aliphatic heterocycles. The summed E-state index contributed by atoms with van der Waals surface area (Å²) in [7, 11) is 2.07. The van der Waals surface area contributed by atoms with E-state index in [0.29, 0.717) is 11.5 Å². The van der Waals surface area contributed by atoms with Crippen LogP contribution in [0.4, 0.5) is 13.2 Å². The van der Waals surface area contributed by atoms with Crippen molar-refractivity contribution in [2.45, 2.75) is 19.1 Å². The first-order valence-electron chi connectivity index (χ1n) is 6.51. The minimum absolute atomic E-state index is 0.274. The van der Waals surface area contributed by atoms with E-state index in [1.54, 1.807) is 6.07 Å². The molecule has 0 aliphatic carbocycles. The van der Waals surface area contributed by atoms with Crippen molar-refractivity contribution < 1.29 is 13.2 Å². The summed E-state index contributed by atoms with van der Waals surface area (Å²) in [5.74, 6) is 0.544. The molecule has 0 aromatic heterocycles. The summed E-state index contributed by atoms with van der Waals surface area (Å²) in [6.45, 7) is 3.14. The number of hydrogen-bond donors (Lipinski definition) is 1. The molecule has 2 rings (SSSR count). The van der Waals surface area contributed by atoms with Gasteiger partial charge in [0.1, 0.15) is 0 Å². The summed E-state index contributed by atoms with van der Waals surface area (Å²) in [5, 5.41) is 3.15. The third-order valence-electron chi connectivity index (χ3n) is 3.56. The van der Waals surface area contributed by atoms with Gasteiger partial charge in [0.05, 0.1) is 5.56 Å². The fourth-order valence-electron chi connectivity index (χ4n) is 2.55. The van der Waals surface area contributed by atoms with E-state index in [4.69, 9.17) is 0 Å². The van der Waals surface area contributed by atoms with Gasteiger partial charge in [-0.2, -0.15) is 13.2 Å². The Morgan fingerprint density at radius 2 is 2.05 bits per heavy atom. The molecule has 0 bridgehead atoms. The van der Waals surface area contributed by atoms with E-state index in [-0.39, 0.29) is 6.54 Å². The van der Waals surface area contributed by atoms with Gasteiger partial charge < -0.3 is 10.2 Å². The van der Waals surface area contributed by atoms with Crippen LogP contribution in [0.25, 0.3) is 0 Å². The third kappa shape index (κ3) is 3.94.